The van der Waals surface area contributed by atoms with Crippen molar-refractivity contribution in [3.05, 3.63) is 35.4 Å². The van der Waals surface area contributed by atoms with Crippen LogP contribution in [-0.2, 0) is 4.79 Å². The molecule has 0 aromatic heterocycles. The van der Waals surface area contributed by atoms with E-state index < -0.39 is 5.97 Å². The lowest BCUT2D eigenvalue weighted by Gasteiger charge is -2.11. The summed E-state index contributed by atoms with van der Waals surface area (Å²) in [7, 11) is 0. The molecule has 1 aromatic rings. The van der Waals surface area contributed by atoms with Crippen LogP contribution >= 0.6 is 0 Å². The van der Waals surface area contributed by atoms with Crippen LogP contribution in [0.1, 0.15) is 61.4 Å². The summed E-state index contributed by atoms with van der Waals surface area (Å²) in [5, 5.41) is 8.64. The number of ketones is 1. The molecule has 98 valence electrons. The van der Waals surface area contributed by atoms with Gasteiger partial charge in [-0.15, -0.1) is 0 Å². The molecular weight excluding hydrogens is 228 g/mol. The lowest BCUT2D eigenvalue weighted by molar-refractivity contribution is -0.137. The van der Waals surface area contributed by atoms with E-state index in [0.29, 0.717) is 12.8 Å². The van der Waals surface area contributed by atoms with Crippen molar-refractivity contribution in [3.63, 3.8) is 0 Å². The third-order valence-corrected chi connectivity index (χ3v) is 3.07. The van der Waals surface area contributed by atoms with Gasteiger partial charge in [-0.25, -0.2) is 0 Å². The van der Waals surface area contributed by atoms with Gasteiger partial charge in [0.1, 0.15) is 0 Å². The van der Waals surface area contributed by atoms with Gasteiger partial charge in [0, 0.05) is 18.4 Å². The Balaban J connectivity index is 2.64. The predicted molar refractivity (Wildman–Crippen MR) is 71.0 cm³/mol. The monoisotopic (exact) mass is 248 g/mol. The zero-order chi connectivity index (χ0) is 13.5. The molecule has 1 rings (SSSR count). The van der Waals surface area contributed by atoms with Crippen LogP contribution in [0.5, 0.6) is 0 Å². The van der Waals surface area contributed by atoms with E-state index in [1.165, 1.54) is 0 Å². The molecule has 0 radical (unpaired) electrons. The van der Waals surface area contributed by atoms with Crippen LogP contribution in [0.4, 0.5) is 0 Å². The van der Waals surface area contributed by atoms with Crippen molar-refractivity contribution < 1.29 is 14.7 Å². The number of carbonyl (C=O) groups is 2. The van der Waals surface area contributed by atoms with Crippen molar-refractivity contribution in [2.75, 3.05) is 0 Å². The fraction of sp³-hybridized carbons (Fsp3) is 0.467. The van der Waals surface area contributed by atoms with E-state index in [9.17, 15) is 9.59 Å². The van der Waals surface area contributed by atoms with E-state index in [4.69, 9.17) is 5.11 Å². The minimum Gasteiger partial charge on any atom is -0.481 e. The topological polar surface area (TPSA) is 54.4 Å². The number of rotatable bonds is 7. The maximum atomic E-state index is 11.7. The molecule has 0 fully saturated rings. The zero-order valence-electron chi connectivity index (χ0n) is 11.0. The first-order valence-corrected chi connectivity index (χ1v) is 6.39. The Morgan fingerprint density at radius 1 is 1.17 bits per heavy atom. The molecule has 0 aliphatic heterocycles. The lowest BCUT2D eigenvalue weighted by Crippen LogP contribution is -2.02. The number of carboxylic acids is 1. The highest BCUT2D eigenvalue weighted by molar-refractivity contribution is 5.96. The summed E-state index contributed by atoms with van der Waals surface area (Å²) in [6, 6.07) is 7.53. The van der Waals surface area contributed by atoms with Crippen LogP contribution in [-0.4, -0.2) is 16.9 Å². The Bertz CT molecular complexity index is 406. The Hall–Kier alpha value is -1.64. The number of hydrogen-bond acceptors (Lipinski definition) is 2. The van der Waals surface area contributed by atoms with Gasteiger partial charge in [-0.3, -0.25) is 9.59 Å². The SMILES string of the molecule is CCCC(=O)c1ccc([C@H](C)CCC(=O)O)cc1. The van der Waals surface area contributed by atoms with Crippen molar-refractivity contribution >= 4 is 11.8 Å². The largest absolute Gasteiger partial charge is 0.481 e. The molecular formula is C15H20O3. The van der Waals surface area contributed by atoms with Gasteiger partial charge in [0.15, 0.2) is 5.78 Å². The molecule has 0 spiro atoms. The quantitative estimate of drug-likeness (QED) is 0.749. The molecule has 3 heteroatoms. The lowest BCUT2D eigenvalue weighted by atomic mass is 9.94. The molecule has 0 saturated heterocycles. The first-order chi connectivity index (χ1) is 8.54. The van der Waals surface area contributed by atoms with E-state index in [1.54, 1.807) is 0 Å². The van der Waals surface area contributed by atoms with Crippen molar-refractivity contribution in [2.24, 2.45) is 0 Å². The minimum absolute atomic E-state index is 0.169. The van der Waals surface area contributed by atoms with E-state index in [-0.39, 0.29) is 18.1 Å². The highest BCUT2D eigenvalue weighted by Crippen LogP contribution is 2.21. The van der Waals surface area contributed by atoms with Gasteiger partial charge in [-0.2, -0.15) is 0 Å². The molecule has 1 atom stereocenters. The van der Waals surface area contributed by atoms with E-state index in [0.717, 1.165) is 17.5 Å². The van der Waals surface area contributed by atoms with E-state index >= 15 is 0 Å². The van der Waals surface area contributed by atoms with Crippen molar-refractivity contribution in [3.8, 4) is 0 Å². The molecule has 0 aliphatic carbocycles. The predicted octanol–water partition coefficient (Wildman–Crippen LogP) is 3.64. The third-order valence-electron chi connectivity index (χ3n) is 3.07. The minimum atomic E-state index is -0.767. The van der Waals surface area contributed by atoms with Crippen LogP contribution < -0.4 is 0 Å². The average molecular weight is 248 g/mol. The van der Waals surface area contributed by atoms with Gasteiger partial charge in [-0.1, -0.05) is 38.1 Å². The molecule has 0 aliphatic rings. The van der Waals surface area contributed by atoms with E-state index in [1.807, 2.05) is 38.1 Å². The number of hydrogen-bond donors (Lipinski definition) is 1. The summed E-state index contributed by atoms with van der Waals surface area (Å²) in [5.41, 5.74) is 1.83. The first-order valence-electron chi connectivity index (χ1n) is 6.39. The van der Waals surface area contributed by atoms with Crippen LogP contribution in [0.2, 0.25) is 0 Å². The number of benzene rings is 1. The van der Waals surface area contributed by atoms with Gasteiger partial charge in [-0.05, 0) is 24.3 Å². The van der Waals surface area contributed by atoms with Crippen LogP contribution in [0.15, 0.2) is 24.3 Å². The molecule has 0 heterocycles. The number of aliphatic carboxylic acids is 1. The zero-order valence-corrected chi connectivity index (χ0v) is 11.0. The number of carboxylic acid groups (broad SMARTS) is 1. The second-order valence-electron chi connectivity index (χ2n) is 4.63. The third kappa shape index (κ3) is 4.32. The Labute approximate surface area is 108 Å². The second kappa shape index (κ2) is 6.94. The molecule has 0 unspecified atom stereocenters. The summed E-state index contributed by atoms with van der Waals surface area (Å²) in [6.45, 7) is 3.99. The molecule has 1 N–H and O–H groups in total. The van der Waals surface area contributed by atoms with Gasteiger partial charge in [0.05, 0.1) is 0 Å². The standard InChI is InChI=1S/C15H20O3/c1-3-4-14(16)13-8-6-12(7-9-13)11(2)5-10-15(17)18/h6-9,11H,3-5,10H2,1-2H3,(H,17,18)/t11-/m1/s1. The second-order valence-corrected chi connectivity index (χ2v) is 4.63. The summed E-state index contributed by atoms with van der Waals surface area (Å²) in [5.74, 6) is -0.393. The fourth-order valence-electron chi connectivity index (χ4n) is 1.88. The molecule has 0 saturated carbocycles. The van der Waals surface area contributed by atoms with Gasteiger partial charge < -0.3 is 5.11 Å². The van der Waals surface area contributed by atoms with Gasteiger partial charge in [0.2, 0.25) is 0 Å². The summed E-state index contributed by atoms with van der Waals surface area (Å²) in [6.07, 6.45) is 2.23. The highest BCUT2D eigenvalue weighted by Gasteiger charge is 2.09. The van der Waals surface area contributed by atoms with E-state index in [2.05, 4.69) is 0 Å². The smallest absolute Gasteiger partial charge is 0.303 e. The fourth-order valence-corrected chi connectivity index (χ4v) is 1.88. The Morgan fingerprint density at radius 3 is 2.28 bits per heavy atom. The number of carbonyl (C=O) groups excluding carboxylic acids is 1. The highest BCUT2D eigenvalue weighted by atomic mass is 16.4. The van der Waals surface area contributed by atoms with Crippen molar-refractivity contribution in [2.45, 2.75) is 45.4 Å². The van der Waals surface area contributed by atoms with Crippen LogP contribution in [0, 0.1) is 0 Å². The first kappa shape index (κ1) is 14.4. The molecule has 18 heavy (non-hydrogen) atoms. The molecule has 0 amide bonds. The maximum absolute atomic E-state index is 11.7. The number of Topliss-reactive ketones (excluding diaryl/α,β-unsaturated/α-hetero) is 1. The average Bonchev–Trinajstić information content (AvgIpc) is 2.36. The maximum Gasteiger partial charge on any atom is 0.303 e. The summed E-state index contributed by atoms with van der Waals surface area (Å²) < 4.78 is 0. The Kier molecular flexibility index (Phi) is 5.56. The van der Waals surface area contributed by atoms with Crippen molar-refractivity contribution in [1.82, 2.24) is 0 Å². The summed E-state index contributed by atoms with van der Waals surface area (Å²) >= 11 is 0. The molecule has 1 aromatic carbocycles. The Morgan fingerprint density at radius 2 is 1.78 bits per heavy atom. The van der Waals surface area contributed by atoms with Gasteiger partial charge in [0.25, 0.3) is 0 Å². The molecule has 0 bridgehead atoms. The van der Waals surface area contributed by atoms with Gasteiger partial charge >= 0.3 is 5.97 Å². The molecule has 3 nitrogen and oxygen atoms in total. The summed E-state index contributed by atoms with van der Waals surface area (Å²) in [4.78, 5) is 22.2. The normalized spacial score (nSPS) is 12.1. The van der Waals surface area contributed by atoms with Crippen molar-refractivity contribution in [1.29, 1.82) is 0 Å². The van der Waals surface area contributed by atoms with Crippen LogP contribution in [0.3, 0.4) is 0 Å². The van der Waals surface area contributed by atoms with Crippen LogP contribution in [0.25, 0.3) is 0 Å².